The highest BCUT2D eigenvalue weighted by molar-refractivity contribution is 5.78. The van der Waals surface area contributed by atoms with E-state index in [0.29, 0.717) is 12.6 Å². The van der Waals surface area contributed by atoms with Gasteiger partial charge in [-0.15, -0.1) is 0 Å². The minimum atomic E-state index is 0.216. The van der Waals surface area contributed by atoms with E-state index >= 15 is 0 Å². The molecular weight excluding hydrogens is 250 g/mol. The van der Waals surface area contributed by atoms with Crippen molar-refractivity contribution in [2.45, 2.75) is 64.3 Å². The van der Waals surface area contributed by atoms with Gasteiger partial charge in [0.25, 0.3) is 0 Å². The van der Waals surface area contributed by atoms with Crippen molar-refractivity contribution in [2.75, 3.05) is 26.2 Å². The number of nitrogens with zero attached hydrogens (tertiary/aromatic N) is 1. The molecule has 0 radical (unpaired) electrons. The second kappa shape index (κ2) is 7.41. The van der Waals surface area contributed by atoms with Crippen molar-refractivity contribution in [1.82, 2.24) is 10.2 Å². The number of hydrogen-bond acceptors (Lipinski definition) is 3. The largest absolute Gasteiger partial charge is 0.352 e. The molecule has 1 aliphatic heterocycles. The van der Waals surface area contributed by atoms with E-state index in [9.17, 15) is 4.79 Å². The molecule has 4 heteroatoms. The molecule has 1 heterocycles. The standard InChI is InChI=1S/C16H31N3O/c1-16(13-17)8-10-19(11-9-16)12-15(20)18-14-6-4-2-3-5-7-14/h14H,2-13,17H2,1H3,(H,18,20). The first-order chi connectivity index (χ1) is 9.61. The Kier molecular flexibility index (Phi) is 5.85. The molecule has 2 fully saturated rings. The Morgan fingerprint density at radius 2 is 1.80 bits per heavy atom. The Labute approximate surface area is 123 Å². The first-order valence-electron chi connectivity index (χ1n) is 8.33. The molecule has 1 aliphatic carbocycles. The van der Waals surface area contributed by atoms with E-state index in [0.717, 1.165) is 45.3 Å². The highest BCUT2D eigenvalue weighted by Gasteiger charge is 2.29. The summed E-state index contributed by atoms with van der Waals surface area (Å²) in [5, 5.41) is 3.24. The van der Waals surface area contributed by atoms with Gasteiger partial charge in [0.2, 0.25) is 5.91 Å². The summed E-state index contributed by atoms with van der Waals surface area (Å²) in [5.41, 5.74) is 6.11. The van der Waals surface area contributed by atoms with Crippen LogP contribution in [0.5, 0.6) is 0 Å². The zero-order valence-electron chi connectivity index (χ0n) is 13.0. The summed E-state index contributed by atoms with van der Waals surface area (Å²) in [6.45, 7) is 5.60. The fourth-order valence-electron chi connectivity index (χ4n) is 3.36. The normalized spacial score (nSPS) is 25.1. The number of likely N-dealkylation sites (tertiary alicyclic amines) is 1. The lowest BCUT2D eigenvalue weighted by atomic mass is 9.80. The fourth-order valence-corrected chi connectivity index (χ4v) is 3.36. The molecule has 0 bridgehead atoms. The van der Waals surface area contributed by atoms with Gasteiger partial charge >= 0.3 is 0 Å². The lowest BCUT2D eigenvalue weighted by Gasteiger charge is -2.38. The van der Waals surface area contributed by atoms with Crippen molar-refractivity contribution in [3.63, 3.8) is 0 Å². The van der Waals surface area contributed by atoms with Crippen LogP contribution in [0.15, 0.2) is 0 Å². The van der Waals surface area contributed by atoms with Gasteiger partial charge in [-0.25, -0.2) is 0 Å². The third-order valence-electron chi connectivity index (χ3n) is 5.14. The van der Waals surface area contributed by atoms with Crippen LogP contribution in [0.25, 0.3) is 0 Å². The van der Waals surface area contributed by atoms with Gasteiger partial charge in [-0.1, -0.05) is 32.6 Å². The zero-order valence-corrected chi connectivity index (χ0v) is 13.0. The first-order valence-corrected chi connectivity index (χ1v) is 8.33. The number of nitrogens with one attached hydrogen (secondary N) is 1. The number of amides is 1. The topological polar surface area (TPSA) is 58.4 Å². The first kappa shape index (κ1) is 15.8. The Morgan fingerprint density at radius 3 is 2.35 bits per heavy atom. The SMILES string of the molecule is CC1(CN)CCN(CC(=O)NC2CCCCCC2)CC1. The molecule has 2 aliphatic rings. The van der Waals surface area contributed by atoms with Gasteiger partial charge in [-0.3, -0.25) is 9.69 Å². The predicted octanol–water partition coefficient (Wildman–Crippen LogP) is 1.89. The predicted molar refractivity (Wildman–Crippen MR) is 82.5 cm³/mol. The number of carbonyl (C=O) groups excluding carboxylic acids is 1. The molecule has 116 valence electrons. The molecule has 1 saturated heterocycles. The molecule has 3 N–H and O–H groups in total. The van der Waals surface area contributed by atoms with Crippen molar-refractivity contribution in [1.29, 1.82) is 0 Å². The fraction of sp³-hybridized carbons (Fsp3) is 0.938. The molecular formula is C16H31N3O. The lowest BCUT2D eigenvalue weighted by molar-refractivity contribution is -0.123. The van der Waals surface area contributed by atoms with Crippen molar-refractivity contribution < 1.29 is 4.79 Å². The summed E-state index contributed by atoms with van der Waals surface area (Å²) in [7, 11) is 0. The zero-order chi connectivity index (χ0) is 14.4. The Morgan fingerprint density at radius 1 is 1.20 bits per heavy atom. The number of rotatable bonds is 4. The number of carbonyl (C=O) groups is 1. The van der Waals surface area contributed by atoms with E-state index in [2.05, 4.69) is 17.1 Å². The molecule has 20 heavy (non-hydrogen) atoms. The van der Waals surface area contributed by atoms with E-state index < -0.39 is 0 Å². The number of nitrogens with two attached hydrogens (primary N) is 1. The summed E-state index contributed by atoms with van der Waals surface area (Å²) in [6, 6.07) is 0.420. The Bertz CT molecular complexity index is 303. The lowest BCUT2D eigenvalue weighted by Crippen LogP contribution is -2.47. The smallest absolute Gasteiger partial charge is 0.234 e. The van der Waals surface area contributed by atoms with Crippen LogP contribution in [0, 0.1) is 5.41 Å². The maximum atomic E-state index is 12.1. The maximum Gasteiger partial charge on any atom is 0.234 e. The summed E-state index contributed by atoms with van der Waals surface area (Å²) in [5.74, 6) is 0.216. The highest BCUT2D eigenvalue weighted by atomic mass is 16.2. The quantitative estimate of drug-likeness (QED) is 0.774. The van der Waals surface area contributed by atoms with Crippen molar-refractivity contribution >= 4 is 5.91 Å². The molecule has 0 aromatic carbocycles. The Balaban J connectivity index is 1.69. The van der Waals surface area contributed by atoms with E-state index in [-0.39, 0.29) is 11.3 Å². The second-order valence-corrected chi connectivity index (χ2v) is 7.05. The molecule has 2 rings (SSSR count). The summed E-state index contributed by atoms with van der Waals surface area (Å²) in [4.78, 5) is 14.4. The third-order valence-corrected chi connectivity index (χ3v) is 5.14. The summed E-state index contributed by atoms with van der Waals surface area (Å²) in [6.07, 6.45) is 9.74. The molecule has 0 atom stereocenters. The molecule has 0 unspecified atom stereocenters. The van der Waals surface area contributed by atoms with Crippen molar-refractivity contribution in [3.05, 3.63) is 0 Å². The molecule has 4 nitrogen and oxygen atoms in total. The van der Waals surface area contributed by atoms with Gasteiger partial charge in [0.15, 0.2) is 0 Å². The number of piperidine rings is 1. The van der Waals surface area contributed by atoms with E-state index in [1.165, 1.54) is 25.7 Å². The average molecular weight is 281 g/mol. The molecule has 0 aromatic heterocycles. The highest BCUT2D eigenvalue weighted by Crippen LogP contribution is 2.29. The van der Waals surface area contributed by atoms with Crippen LogP contribution >= 0.6 is 0 Å². The molecule has 0 aromatic rings. The van der Waals surface area contributed by atoms with E-state index in [1.807, 2.05) is 0 Å². The average Bonchev–Trinajstić information content (AvgIpc) is 2.70. The van der Waals surface area contributed by atoms with Crippen LogP contribution in [0.4, 0.5) is 0 Å². The minimum Gasteiger partial charge on any atom is -0.352 e. The van der Waals surface area contributed by atoms with Crippen LogP contribution in [-0.2, 0) is 4.79 Å². The second-order valence-electron chi connectivity index (χ2n) is 7.05. The Hall–Kier alpha value is -0.610. The van der Waals surface area contributed by atoms with Gasteiger partial charge in [0.05, 0.1) is 6.54 Å². The summed E-state index contributed by atoms with van der Waals surface area (Å²) < 4.78 is 0. The van der Waals surface area contributed by atoms with Gasteiger partial charge < -0.3 is 11.1 Å². The maximum absolute atomic E-state index is 12.1. The van der Waals surface area contributed by atoms with Gasteiger partial charge in [0.1, 0.15) is 0 Å². The van der Waals surface area contributed by atoms with Gasteiger partial charge in [-0.2, -0.15) is 0 Å². The van der Waals surface area contributed by atoms with Crippen molar-refractivity contribution in [3.8, 4) is 0 Å². The number of hydrogen-bond donors (Lipinski definition) is 2. The van der Waals surface area contributed by atoms with Crippen LogP contribution in [-0.4, -0.2) is 43.0 Å². The van der Waals surface area contributed by atoms with Crippen LogP contribution in [0.2, 0.25) is 0 Å². The van der Waals surface area contributed by atoms with Gasteiger partial charge in [-0.05, 0) is 50.7 Å². The minimum absolute atomic E-state index is 0.216. The molecule has 1 saturated carbocycles. The van der Waals surface area contributed by atoms with Crippen molar-refractivity contribution in [2.24, 2.45) is 11.1 Å². The third kappa shape index (κ3) is 4.74. The van der Waals surface area contributed by atoms with Gasteiger partial charge in [0, 0.05) is 6.04 Å². The summed E-state index contributed by atoms with van der Waals surface area (Å²) >= 11 is 0. The van der Waals surface area contributed by atoms with Crippen LogP contribution in [0.3, 0.4) is 0 Å². The monoisotopic (exact) mass is 281 g/mol. The molecule has 0 spiro atoms. The molecule has 1 amide bonds. The van der Waals surface area contributed by atoms with E-state index in [1.54, 1.807) is 0 Å². The van der Waals surface area contributed by atoms with Crippen LogP contribution in [0.1, 0.15) is 58.3 Å². The van der Waals surface area contributed by atoms with Crippen LogP contribution < -0.4 is 11.1 Å². The van der Waals surface area contributed by atoms with E-state index in [4.69, 9.17) is 5.73 Å².